The summed E-state index contributed by atoms with van der Waals surface area (Å²) >= 11 is 16.8. The molecule has 2 fully saturated rings. The van der Waals surface area contributed by atoms with Crippen LogP contribution >= 0.6 is 34.8 Å². The molecule has 13 nitrogen and oxygen atoms in total. The molecule has 1 aromatic rings. The number of fused-ring (bicyclic) bond motifs is 3. The number of aromatic hydroxyl groups is 1. The van der Waals surface area contributed by atoms with Crippen LogP contribution in [0.15, 0.2) is 11.6 Å². The molecule has 0 radical (unpaired) electrons. The number of nitrogens with one attached hydrogen (secondary N) is 1. The number of primary amides is 1. The first-order valence-corrected chi connectivity index (χ1v) is 14.4. The summed E-state index contributed by atoms with van der Waals surface area (Å²) in [6, 6.07) is 0.599. The molecule has 6 atom stereocenters. The van der Waals surface area contributed by atoms with E-state index >= 15 is 0 Å². The van der Waals surface area contributed by atoms with Crippen molar-refractivity contribution >= 4 is 69.8 Å². The van der Waals surface area contributed by atoms with Crippen LogP contribution in [0.5, 0.6) is 5.75 Å². The summed E-state index contributed by atoms with van der Waals surface area (Å²) < 4.78 is 3.00. The molecule has 0 bridgehead atoms. The largest absolute Gasteiger partial charge is 0.507 e. The quantitative estimate of drug-likeness (QED) is 0.186. The Morgan fingerprint density at radius 1 is 1.19 bits per heavy atom. The number of hydrogen-bond acceptors (Lipinski definition) is 11. The van der Waals surface area contributed by atoms with Gasteiger partial charge in [-0.15, -0.1) is 0 Å². The topological polar surface area (TPSA) is 203 Å². The van der Waals surface area contributed by atoms with Gasteiger partial charge in [0.05, 0.1) is 11.7 Å². The van der Waals surface area contributed by atoms with E-state index in [1.54, 1.807) is 39.2 Å². The fraction of sp³-hybridized carbons (Fsp3) is 0.556. The van der Waals surface area contributed by atoms with Gasteiger partial charge in [-0.3, -0.25) is 14.4 Å². The summed E-state index contributed by atoms with van der Waals surface area (Å²) in [5.74, 6) is -8.38. The van der Waals surface area contributed by atoms with Crippen LogP contribution in [0, 0.1) is 17.8 Å². The van der Waals surface area contributed by atoms with Crippen molar-refractivity contribution < 1.29 is 44.3 Å². The van der Waals surface area contributed by atoms with Crippen LogP contribution < -0.4 is 16.0 Å². The summed E-state index contributed by atoms with van der Waals surface area (Å²) in [6.45, 7) is -0.824. The standard InChI is InChI=1S/C27H33Cl3N4O9/c1-33(2)14-7-11(8-32-25(41)43-9-26(28,29)30)19(35)16-12(14)5-10-6-13-18(34(3)4)21(37)17(24(31)40)23(39)27(13,42)22(38)15(10)20(16)36/h7,10,13,17-18,21,35-37,42H,5-6,8-9H2,1-4H3,(H2,31,40)(H,32,41)/t10-,13-,17?,18-,21?,27-/m1/s1. The van der Waals surface area contributed by atoms with Crippen molar-refractivity contribution in [1.82, 2.24) is 10.2 Å². The summed E-state index contributed by atoms with van der Waals surface area (Å²) in [5.41, 5.74) is 3.41. The first-order valence-electron chi connectivity index (χ1n) is 13.2. The van der Waals surface area contributed by atoms with Gasteiger partial charge in [0.1, 0.15) is 24.0 Å². The Bertz CT molecular complexity index is 1410. The number of phenolic OH excluding ortho intramolecular Hbond substituents is 1. The zero-order chi connectivity index (χ0) is 32.3. The maximum atomic E-state index is 14.0. The highest BCUT2D eigenvalue weighted by Crippen LogP contribution is 2.53. The molecule has 43 heavy (non-hydrogen) atoms. The maximum Gasteiger partial charge on any atom is 0.407 e. The third kappa shape index (κ3) is 5.62. The Morgan fingerprint density at radius 3 is 2.35 bits per heavy atom. The van der Waals surface area contributed by atoms with E-state index in [4.69, 9.17) is 45.3 Å². The van der Waals surface area contributed by atoms with E-state index < -0.39 is 81.0 Å². The maximum absolute atomic E-state index is 14.0. The number of alkyl carbamates (subject to hydrolysis) is 1. The number of phenols is 1. The van der Waals surface area contributed by atoms with Crippen molar-refractivity contribution in [3.05, 3.63) is 28.3 Å². The number of likely N-dealkylation sites (N-methyl/N-ethyl adjacent to an activating group) is 1. The molecule has 16 heteroatoms. The highest BCUT2D eigenvalue weighted by atomic mass is 35.6. The molecule has 2 unspecified atom stereocenters. The number of aliphatic hydroxyl groups is 3. The number of hydrogen-bond donors (Lipinski definition) is 6. The number of anilines is 1. The second kappa shape index (κ2) is 11.6. The molecule has 236 valence electrons. The number of halogens is 3. The van der Waals surface area contributed by atoms with Gasteiger partial charge in [-0.05, 0) is 44.5 Å². The third-order valence-electron chi connectivity index (χ3n) is 8.42. The number of nitrogens with zero attached hydrogens (tertiary/aromatic N) is 2. The number of ether oxygens (including phenoxy) is 1. The Hall–Kier alpha value is -2.81. The van der Waals surface area contributed by atoms with E-state index in [0.29, 0.717) is 11.3 Å². The van der Waals surface area contributed by atoms with E-state index in [1.165, 1.54) is 4.90 Å². The molecule has 3 aliphatic carbocycles. The van der Waals surface area contributed by atoms with Crippen molar-refractivity contribution in [1.29, 1.82) is 0 Å². The molecular weight excluding hydrogens is 631 g/mol. The normalized spacial score (nSPS) is 28.7. The minimum absolute atomic E-state index is 0.00974. The highest BCUT2D eigenvalue weighted by molar-refractivity contribution is 6.67. The number of benzene rings is 1. The molecule has 0 aromatic heterocycles. The highest BCUT2D eigenvalue weighted by Gasteiger charge is 2.67. The van der Waals surface area contributed by atoms with Gasteiger partial charge in [0.2, 0.25) is 15.5 Å². The second-order valence-corrected chi connectivity index (χ2v) is 14.0. The van der Waals surface area contributed by atoms with E-state index in [2.05, 4.69) is 5.32 Å². The molecule has 7 N–H and O–H groups in total. The van der Waals surface area contributed by atoms with Crippen LogP contribution in [-0.2, 0) is 32.1 Å². The van der Waals surface area contributed by atoms with Gasteiger partial charge in [0.15, 0.2) is 11.4 Å². The number of ketones is 2. The molecule has 4 rings (SSSR count). The van der Waals surface area contributed by atoms with Gasteiger partial charge >= 0.3 is 6.09 Å². The molecule has 3 aliphatic rings. The molecule has 0 heterocycles. The number of amides is 2. The molecule has 1 aromatic carbocycles. The van der Waals surface area contributed by atoms with Gasteiger partial charge in [0.25, 0.3) is 0 Å². The number of aliphatic hydroxyl groups excluding tert-OH is 2. The zero-order valence-electron chi connectivity index (χ0n) is 23.7. The van der Waals surface area contributed by atoms with Crippen molar-refractivity contribution in [3.8, 4) is 5.75 Å². The number of nitrogens with two attached hydrogens (primary N) is 1. The molecule has 2 saturated carbocycles. The first kappa shape index (κ1) is 33.1. The molecule has 0 aliphatic heterocycles. The van der Waals surface area contributed by atoms with E-state index in [0.717, 1.165) is 0 Å². The van der Waals surface area contributed by atoms with Crippen LogP contribution in [0.25, 0.3) is 5.76 Å². The van der Waals surface area contributed by atoms with Crippen LogP contribution in [0.3, 0.4) is 0 Å². The number of Topliss-reactive ketones (excluding diaryl/α,β-unsaturated/α-hetero) is 2. The van der Waals surface area contributed by atoms with Gasteiger partial charge in [-0.1, -0.05) is 34.8 Å². The summed E-state index contributed by atoms with van der Waals surface area (Å²) in [7, 11) is 6.61. The monoisotopic (exact) mass is 662 g/mol. The fourth-order valence-corrected chi connectivity index (χ4v) is 6.77. The number of alkyl halides is 3. The Labute approximate surface area is 262 Å². The summed E-state index contributed by atoms with van der Waals surface area (Å²) in [4.78, 5) is 55.1. The first-order chi connectivity index (χ1) is 19.8. The van der Waals surface area contributed by atoms with Crippen LogP contribution in [-0.4, -0.2) is 105 Å². The lowest BCUT2D eigenvalue weighted by Gasteiger charge is -2.53. The Kier molecular flexibility index (Phi) is 8.93. The fourth-order valence-electron chi connectivity index (χ4n) is 6.61. The predicted molar refractivity (Wildman–Crippen MR) is 157 cm³/mol. The third-order valence-corrected chi connectivity index (χ3v) is 8.74. The van der Waals surface area contributed by atoms with Crippen molar-refractivity contribution in [2.75, 3.05) is 39.7 Å². The average molecular weight is 664 g/mol. The van der Waals surface area contributed by atoms with Gasteiger partial charge in [-0.25, -0.2) is 4.79 Å². The molecular formula is C27H33Cl3N4O9. The van der Waals surface area contributed by atoms with E-state index in [1.807, 2.05) is 0 Å². The zero-order valence-corrected chi connectivity index (χ0v) is 26.0. The minimum atomic E-state index is -2.77. The lowest BCUT2D eigenvalue weighted by molar-refractivity contribution is -0.184. The molecule has 2 amide bonds. The number of carbonyl (C=O) groups excluding carboxylic acids is 4. The average Bonchev–Trinajstić information content (AvgIpc) is 2.88. The van der Waals surface area contributed by atoms with Gasteiger partial charge in [0, 0.05) is 49.4 Å². The van der Waals surface area contributed by atoms with E-state index in [9.17, 15) is 39.6 Å². The van der Waals surface area contributed by atoms with Crippen molar-refractivity contribution in [3.63, 3.8) is 0 Å². The van der Waals surface area contributed by atoms with Crippen LogP contribution in [0.4, 0.5) is 10.5 Å². The van der Waals surface area contributed by atoms with Crippen molar-refractivity contribution in [2.24, 2.45) is 23.5 Å². The summed E-state index contributed by atoms with van der Waals surface area (Å²) in [5, 5.41) is 48.0. The van der Waals surface area contributed by atoms with Crippen LogP contribution in [0.2, 0.25) is 0 Å². The lowest BCUT2D eigenvalue weighted by atomic mass is 9.54. The van der Waals surface area contributed by atoms with Gasteiger partial charge in [-0.2, -0.15) is 0 Å². The predicted octanol–water partition coefficient (Wildman–Crippen LogP) is 0.791. The molecule has 0 spiro atoms. The van der Waals surface area contributed by atoms with E-state index in [-0.39, 0.29) is 36.1 Å². The van der Waals surface area contributed by atoms with Crippen molar-refractivity contribution in [2.45, 2.75) is 40.9 Å². The number of carbonyl (C=O) groups is 4. The van der Waals surface area contributed by atoms with Crippen LogP contribution in [0.1, 0.15) is 23.1 Å². The smallest absolute Gasteiger partial charge is 0.407 e. The Balaban J connectivity index is 1.81. The Morgan fingerprint density at radius 2 is 1.81 bits per heavy atom. The number of rotatable bonds is 6. The minimum Gasteiger partial charge on any atom is -0.507 e. The van der Waals surface area contributed by atoms with Gasteiger partial charge < -0.3 is 46.0 Å². The SMILES string of the molecule is CN(C)c1cc(CNC(=O)OCC(Cl)(Cl)Cl)c(O)c2c1C[C@@H]1C[C@@H]3[C@@H](N(C)C)C(O)C(C(N)=O)C(=O)[C@]3(O)C(=O)C1=C2O. The lowest BCUT2D eigenvalue weighted by Crippen LogP contribution is -2.73. The second-order valence-electron chi connectivity index (χ2n) is 11.5. The summed E-state index contributed by atoms with van der Waals surface area (Å²) in [6.07, 6.45) is -2.42. The molecule has 0 saturated heterocycles.